The number of phenols is 1. The zero-order chi connectivity index (χ0) is 15.8. The maximum atomic E-state index is 12.6. The van der Waals surface area contributed by atoms with Crippen LogP contribution in [0.1, 0.15) is 21.7 Å². The average molecular weight is 302 g/mol. The molecule has 0 spiro atoms. The number of aromatic amines is 1. The largest absolute Gasteiger partial charge is 0.507 e. The van der Waals surface area contributed by atoms with Gasteiger partial charge in [-0.3, -0.25) is 14.9 Å². The lowest BCUT2D eigenvalue weighted by Crippen LogP contribution is -2.14. The number of benzene rings is 1. The van der Waals surface area contributed by atoms with Gasteiger partial charge in [-0.25, -0.2) is 0 Å². The fraction of sp³-hybridized carbons (Fsp3) is 0.100. The van der Waals surface area contributed by atoms with Crippen molar-refractivity contribution in [2.75, 3.05) is 0 Å². The number of alkyl halides is 3. The number of non-ortho nitro benzene ring substituents is 1. The van der Waals surface area contributed by atoms with Crippen LogP contribution in [0.15, 0.2) is 18.2 Å². The number of H-pyrrole nitrogens is 1. The number of rotatable bonds is 3. The number of nitrogens with zero attached hydrogens (tertiary/aromatic N) is 3. The van der Waals surface area contributed by atoms with E-state index >= 15 is 0 Å². The third kappa shape index (κ3) is 2.66. The Morgan fingerprint density at radius 3 is 2.57 bits per heavy atom. The lowest BCUT2D eigenvalue weighted by Gasteiger charge is -2.05. The Morgan fingerprint density at radius 1 is 1.33 bits per heavy atom. The number of nitro benzene ring substituents is 1. The first-order chi connectivity index (χ1) is 9.71. The van der Waals surface area contributed by atoms with Crippen LogP contribution in [0.25, 0.3) is 0 Å². The first-order valence-electron chi connectivity index (χ1n) is 5.22. The summed E-state index contributed by atoms with van der Waals surface area (Å²) in [5, 5.41) is 27.7. The van der Waals surface area contributed by atoms with Crippen LogP contribution in [0.3, 0.4) is 0 Å². The van der Waals surface area contributed by atoms with E-state index in [-0.39, 0.29) is 0 Å². The summed E-state index contributed by atoms with van der Waals surface area (Å²) in [4.78, 5) is 21.7. The number of halogens is 3. The van der Waals surface area contributed by atoms with Crippen LogP contribution in [0.5, 0.6) is 5.75 Å². The summed E-state index contributed by atoms with van der Waals surface area (Å²) in [6.07, 6.45) is -4.94. The van der Waals surface area contributed by atoms with Gasteiger partial charge in [0, 0.05) is 12.1 Å². The monoisotopic (exact) mass is 302 g/mol. The highest BCUT2D eigenvalue weighted by atomic mass is 19.4. The number of nitro groups is 1. The Kier molecular flexibility index (Phi) is 3.33. The van der Waals surface area contributed by atoms with Gasteiger partial charge in [0.25, 0.3) is 5.69 Å². The van der Waals surface area contributed by atoms with Crippen molar-refractivity contribution in [2.45, 2.75) is 6.18 Å². The van der Waals surface area contributed by atoms with E-state index in [4.69, 9.17) is 0 Å². The summed E-state index contributed by atoms with van der Waals surface area (Å²) in [7, 11) is 0. The minimum absolute atomic E-state index is 0.562. The molecule has 0 fully saturated rings. The second kappa shape index (κ2) is 4.85. The van der Waals surface area contributed by atoms with E-state index in [2.05, 4.69) is 10.2 Å². The van der Waals surface area contributed by atoms with E-state index in [1.165, 1.54) is 0 Å². The van der Waals surface area contributed by atoms with Crippen molar-refractivity contribution >= 4 is 11.5 Å². The molecule has 0 aliphatic carbocycles. The predicted molar refractivity (Wildman–Crippen MR) is 59.6 cm³/mol. The number of phenolic OH excluding ortho intramolecular Hbond substituents is 1. The molecule has 0 radical (unpaired) electrons. The molecule has 0 atom stereocenters. The summed E-state index contributed by atoms with van der Waals surface area (Å²) in [6.45, 7) is 0. The molecule has 8 nitrogen and oxygen atoms in total. The Bertz CT molecular complexity index is 725. The molecule has 1 heterocycles. The lowest BCUT2D eigenvalue weighted by molar-refractivity contribution is -0.384. The maximum Gasteiger partial charge on any atom is 0.437 e. The third-order valence-electron chi connectivity index (χ3n) is 2.47. The van der Waals surface area contributed by atoms with Crippen molar-refractivity contribution in [3.63, 3.8) is 0 Å². The molecular weight excluding hydrogens is 297 g/mol. The highest BCUT2D eigenvalue weighted by Gasteiger charge is 2.40. The van der Waals surface area contributed by atoms with Gasteiger partial charge in [0.1, 0.15) is 5.75 Å². The third-order valence-corrected chi connectivity index (χ3v) is 2.47. The molecule has 0 saturated carbocycles. The number of carbonyl (C=O) groups excluding carboxylic acids is 1. The zero-order valence-electron chi connectivity index (χ0n) is 9.88. The Hall–Kier alpha value is -2.98. The molecule has 2 rings (SSSR count). The molecule has 0 unspecified atom stereocenters. The van der Waals surface area contributed by atoms with E-state index in [0.717, 1.165) is 12.1 Å². The predicted octanol–water partition coefficient (Wildman–Crippen LogP) is 1.67. The summed E-state index contributed by atoms with van der Waals surface area (Å²) < 4.78 is 37.9. The summed E-state index contributed by atoms with van der Waals surface area (Å²) in [6, 6.07) is 2.39. The molecule has 21 heavy (non-hydrogen) atoms. The van der Waals surface area contributed by atoms with E-state index in [1.54, 1.807) is 5.21 Å². The molecule has 11 heteroatoms. The van der Waals surface area contributed by atoms with Crippen LogP contribution in [-0.4, -0.2) is 31.2 Å². The Morgan fingerprint density at radius 2 is 2.00 bits per heavy atom. The van der Waals surface area contributed by atoms with Crippen molar-refractivity contribution in [2.24, 2.45) is 0 Å². The molecular formula is C10H5F3N4O4. The molecule has 0 aliphatic rings. The van der Waals surface area contributed by atoms with Crippen LogP contribution in [0.4, 0.5) is 18.9 Å². The number of nitrogens with one attached hydrogen (secondary N) is 1. The van der Waals surface area contributed by atoms with Crippen molar-refractivity contribution in [1.82, 2.24) is 15.4 Å². The molecule has 0 aliphatic heterocycles. The van der Waals surface area contributed by atoms with Crippen LogP contribution in [0, 0.1) is 10.1 Å². The molecule has 110 valence electrons. The second-order valence-electron chi connectivity index (χ2n) is 3.81. The summed E-state index contributed by atoms with van der Waals surface area (Å²) >= 11 is 0. The van der Waals surface area contributed by atoms with Crippen LogP contribution in [0.2, 0.25) is 0 Å². The maximum absolute atomic E-state index is 12.6. The smallest absolute Gasteiger partial charge is 0.437 e. The Labute approximate surface area is 113 Å². The number of aromatic hydroxyl groups is 1. The molecule has 1 aromatic heterocycles. The van der Waals surface area contributed by atoms with Gasteiger partial charge in [-0.1, -0.05) is 0 Å². The fourth-order valence-electron chi connectivity index (χ4n) is 1.53. The van der Waals surface area contributed by atoms with Crippen molar-refractivity contribution in [1.29, 1.82) is 0 Å². The topological polar surface area (TPSA) is 122 Å². The van der Waals surface area contributed by atoms with Gasteiger partial charge in [-0.15, -0.1) is 0 Å². The second-order valence-corrected chi connectivity index (χ2v) is 3.81. The lowest BCUT2D eigenvalue weighted by atomic mass is 10.0. The number of ketones is 1. The normalized spacial score (nSPS) is 11.4. The van der Waals surface area contributed by atoms with Gasteiger partial charge < -0.3 is 5.11 Å². The van der Waals surface area contributed by atoms with Gasteiger partial charge in [-0.05, 0) is 6.07 Å². The Balaban J connectivity index is 2.53. The molecule has 2 N–H and O–H groups in total. The van der Waals surface area contributed by atoms with Gasteiger partial charge in [0.2, 0.25) is 5.78 Å². The average Bonchev–Trinajstić information content (AvgIpc) is 2.87. The molecule has 0 amide bonds. The molecule has 1 aromatic carbocycles. The van der Waals surface area contributed by atoms with Gasteiger partial charge in [-0.2, -0.15) is 28.6 Å². The van der Waals surface area contributed by atoms with E-state index in [0.29, 0.717) is 6.07 Å². The van der Waals surface area contributed by atoms with Gasteiger partial charge in [0.05, 0.1) is 10.5 Å². The van der Waals surface area contributed by atoms with E-state index in [9.17, 15) is 33.2 Å². The highest BCUT2D eigenvalue weighted by molar-refractivity contribution is 6.10. The van der Waals surface area contributed by atoms with Gasteiger partial charge in [0.15, 0.2) is 11.4 Å². The van der Waals surface area contributed by atoms with Crippen LogP contribution in [-0.2, 0) is 6.18 Å². The highest BCUT2D eigenvalue weighted by Crippen LogP contribution is 2.32. The number of carbonyl (C=O) groups is 1. The van der Waals surface area contributed by atoms with E-state index < -0.39 is 45.3 Å². The first kappa shape index (κ1) is 14.4. The standard InChI is InChI=1S/C10H5F3N4O4/c11-10(12,13)9-7(14-16-15-9)8(19)5-3-4(17(20)21)1-2-6(5)18/h1-3,18H,(H,14,15,16). The van der Waals surface area contributed by atoms with Gasteiger partial charge >= 0.3 is 6.18 Å². The minimum atomic E-state index is -4.94. The molecule has 0 bridgehead atoms. The first-order valence-corrected chi connectivity index (χ1v) is 5.22. The molecule has 0 saturated heterocycles. The minimum Gasteiger partial charge on any atom is -0.507 e. The SMILES string of the molecule is O=C(c1cc([N+](=O)[O-])ccc1O)c1n[nH]nc1C(F)(F)F. The zero-order valence-corrected chi connectivity index (χ0v) is 9.88. The van der Waals surface area contributed by atoms with Crippen LogP contribution >= 0.6 is 0 Å². The summed E-state index contributed by atoms with van der Waals surface area (Å²) in [5.41, 5.74) is -3.89. The summed E-state index contributed by atoms with van der Waals surface area (Å²) in [5.74, 6) is -2.04. The number of aromatic nitrogens is 3. The number of hydrogen-bond donors (Lipinski definition) is 2. The van der Waals surface area contributed by atoms with E-state index in [1.807, 2.05) is 0 Å². The number of hydrogen-bond acceptors (Lipinski definition) is 6. The van der Waals surface area contributed by atoms with Crippen molar-refractivity contribution in [3.8, 4) is 5.75 Å². The fourth-order valence-corrected chi connectivity index (χ4v) is 1.53. The van der Waals surface area contributed by atoms with Crippen molar-refractivity contribution < 1.29 is 28.0 Å². The quantitative estimate of drug-likeness (QED) is 0.505. The van der Waals surface area contributed by atoms with Crippen molar-refractivity contribution in [3.05, 3.63) is 45.3 Å². The molecule has 2 aromatic rings. The van der Waals surface area contributed by atoms with Crippen LogP contribution < -0.4 is 0 Å².